The molecule has 238 valence electrons. The first-order chi connectivity index (χ1) is 22.5. The Labute approximate surface area is 270 Å². The van der Waals surface area contributed by atoms with Crippen LogP contribution in [-0.2, 0) is 4.79 Å². The Balaban J connectivity index is 1.69. The monoisotopic (exact) mass is 630 g/mol. The van der Waals surface area contributed by atoms with E-state index >= 15 is 0 Å². The van der Waals surface area contributed by atoms with E-state index < -0.39 is 46.6 Å². The first-order valence-corrected chi connectivity index (χ1v) is 15.2. The van der Waals surface area contributed by atoms with Crippen molar-refractivity contribution in [3.05, 3.63) is 148 Å². The van der Waals surface area contributed by atoms with Gasteiger partial charge in [-0.3, -0.25) is 0 Å². The standard InChI is InChI=1S/C39H34O8/c1-20(40)31-32(23-10-5-4-6-11-23)36(39(45)46)35(38(44)22(3)42)33(34(31)37(43)21(2)41)26-13-9-12-24(18-26)25-16-17-30-28(19-25)27-14-7-8-15-29(27)47-30/h5,7-19,31-32,40-44H,1,4,6H2,2-3H3,(H,45,46)/b37-21-,38-22-. The number of benzene rings is 3. The van der Waals surface area contributed by atoms with E-state index in [1.807, 2.05) is 60.7 Å². The fourth-order valence-electron chi connectivity index (χ4n) is 6.68. The lowest BCUT2D eigenvalue weighted by atomic mass is 9.65. The fraction of sp³-hybridized carbons (Fsp3) is 0.154. The number of rotatable bonds is 7. The highest BCUT2D eigenvalue weighted by molar-refractivity contribution is 6.06. The molecule has 0 amide bonds. The predicted molar refractivity (Wildman–Crippen MR) is 182 cm³/mol. The van der Waals surface area contributed by atoms with Gasteiger partial charge in [0.15, 0.2) is 11.5 Å². The van der Waals surface area contributed by atoms with Crippen molar-refractivity contribution in [3.63, 3.8) is 0 Å². The molecule has 2 aliphatic rings. The fourth-order valence-corrected chi connectivity index (χ4v) is 6.68. The lowest BCUT2D eigenvalue weighted by Gasteiger charge is -2.38. The zero-order chi connectivity index (χ0) is 33.6. The van der Waals surface area contributed by atoms with Crippen LogP contribution in [-0.4, -0.2) is 36.6 Å². The van der Waals surface area contributed by atoms with E-state index in [-0.39, 0.29) is 22.3 Å². The van der Waals surface area contributed by atoms with Crippen LogP contribution in [0.15, 0.2) is 147 Å². The molecule has 2 aliphatic carbocycles. The van der Waals surface area contributed by atoms with Crippen molar-refractivity contribution >= 4 is 33.5 Å². The quantitative estimate of drug-likeness (QED) is 0.110. The van der Waals surface area contributed by atoms with E-state index in [2.05, 4.69) is 6.58 Å². The minimum atomic E-state index is -1.40. The number of carboxylic acids is 1. The zero-order valence-electron chi connectivity index (χ0n) is 25.9. The highest BCUT2D eigenvalue weighted by Crippen LogP contribution is 2.53. The van der Waals surface area contributed by atoms with Crippen molar-refractivity contribution in [1.29, 1.82) is 0 Å². The number of hydrogen-bond donors (Lipinski definition) is 6. The number of aliphatic hydroxyl groups excluding tert-OH is 5. The van der Waals surface area contributed by atoms with Crippen LogP contribution in [0, 0.1) is 11.8 Å². The van der Waals surface area contributed by atoms with Gasteiger partial charge < -0.3 is 35.1 Å². The lowest BCUT2D eigenvalue weighted by Crippen LogP contribution is -2.33. The third-order valence-corrected chi connectivity index (χ3v) is 8.75. The number of fused-ring (bicyclic) bond motifs is 3. The molecular formula is C39H34O8. The average molecular weight is 631 g/mol. The second-order valence-corrected chi connectivity index (χ2v) is 11.8. The maximum Gasteiger partial charge on any atom is 0.333 e. The van der Waals surface area contributed by atoms with Crippen LogP contribution in [0.3, 0.4) is 0 Å². The Hall–Kier alpha value is -5.89. The van der Waals surface area contributed by atoms with Crippen LogP contribution < -0.4 is 0 Å². The van der Waals surface area contributed by atoms with Gasteiger partial charge in [0.25, 0.3) is 0 Å². The molecule has 8 nitrogen and oxygen atoms in total. The van der Waals surface area contributed by atoms with E-state index in [0.29, 0.717) is 28.7 Å². The molecule has 6 N–H and O–H groups in total. The Kier molecular flexibility index (Phi) is 8.03. The summed E-state index contributed by atoms with van der Waals surface area (Å²) in [5.41, 5.74) is 3.24. The first-order valence-electron chi connectivity index (χ1n) is 15.2. The molecule has 3 aromatic carbocycles. The molecule has 1 aromatic heterocycles. The van der Waals surface area contributed by atoms with E-state index in [1.54, 1.807) is 24.3 Å². The van der Waals surface area contributed by atoms with Gasteiger partial charge in [-0.2, -0.15) is 0 Å². The van der Waals surface area contributed by atoms with Crippen molar-refractivity contribution in [2.45, 2.75) is 26.7 Å². The Morgan fingerprint density at radius 1 is 0.745 bits per heavy atom. The minimum Gasteiger partial charge on any atom is -0.512 e. The maximum absolute atomic E-state index is 13.2. The number of para-hydroxylation sites is 1. The molecule has 0 aliphatic heterocycles. The van der Waals surface area contributed by atoms with Gasteiger partial charge in [0.05, 0.1) is 17.3 Å². The number of allylic oxidation sites excluding steroid dienone is 9. The largest absolute Gasteiger partial charge is 0.512 e. The van der Waals surface area contributed by atoms with Gasteiger partial charge >= 0.3 is 5.97 Å². The van der Waals surface area contributed by atoms with E-state index in [4.69, 9.17) is 4.42 Å². The Morgan fingerprint density at radius 3 is 2.09 bits per heavy atom. The van der Waals surface area contributed by atoms with Crippen molar-refractivity contribution in [3.8, 4) is 11.1 Å². The van der Waals surface area contributed by atoms with Gasteiger partial charge in [0.2, 0.25) is 0 Å². The van der Waals surface area contributed by atoms with Crippen LogP contribution in [0.1, 0.15) is 32.3 Å². The van der Waals surface area contributed by atoms with Crippen molar-refractivity contribution in [2.24, 2.45) is 11.8 Å². The third-order valence-electron chi connectivity index (χ3n) is 8.75. The SMILES string of the molecule is C=C(O)C1C(/C(O)=C(\C)O)=C(c2cccc(-c3ccc4oc5ccccc5c4c3)c2)C(/C(O)=C(\C)O)=C(C(=O)O)C1C1=CCCC=C1. The van der Waals surface area contributed by atoms with Gasteiger partial charge in [-0.25, -0.2) is 4.79 Å². The van der Waals surface area contributed by atoms with Crippen LogP contribution in [0.4, 0.5) is 0 Å². The van der Waals surface area contributed by atoms with E-state index in [9.17, 15) is 35.4 Å². The minimum absolute atomic E-state index is 0.00716. The summed E-state index contributed by atoms with van der Waals surface area (Å²) in [4.78, 5) is 13.2. The summed E-state index contributed by atoms with van der Waals surface area (Å²) in [7, 11) is 0. The number of furan rings is 1. The molecule has 1 heterocycles. The second kappa shape index (κ2) is 12.1. The molecule has 8 heteroatoms. The molecule has 0 fully saturated rings. The summed E-state index contributed by atoms with van der Waals surface area (Å²) < 4.78 is 5.99. The normalized spacial score (nSPS) is 19.5. The summed E-state index contributed by atoms with van der Waals surface area (Å²) in [6.45, 7) is 6.24. The molecule has 0 radical (unpaired) electrons. The van der Waals surface area contributed by atoms with Gasteiger partial charge in [0.1, 0.15) is 22.7 Å². The highest BCUT2D eigenvalue weighted by Gasteiger charge is 2.46. The van der Waals surface area contributed by atoms with Crippen LogP contribution >= 0.6 is 0 Å². The van der Waals surface area contributed by atoms with Gasteiger partial charge in [-0.1, -0.05) is 67.3 Å². The van der Waals surface area contributed by atoms with Crippen LogP contribution in [0.2, 0.25) is 0 Å². The molecule has 0 saturated heterocycles. The number of aliphatic hydroxyl groups is 5. The lowest BCUT2D eigenvalue weighted by molar-refractivity contribution is -0.133. The predicted octanol–water partition coefficient (Wildman–Crippen LogP) is 9.68. The van der Waals surface area contributed by atoms with E-state index in [0.717, 1.165) is 28.3 Å². The van der Waals surface area contributed by atoms with Gasteiger partial charge in [0, 0.05) is 33.4 Å². The average Bonchev–Trinajstić information content (AvgIpc) is 3.44. The van der Waals surface area contributed by atoms with Gasteiger partial charge in [-0.05, 0) is 73.2 Å². The maximum atomic E-state index is 13.2. The summed E-state index contributed by atoms with van der Waals surface area (Å²) in [6, 6.07) is 20.5. The summed E-state index contributed by atoms with van der Waals surface area (Å²) in [5, 5.41) is 67.9. The van der Waals surface area contributed by atoms with Crippen molar-refractivity contribution in [1.82, 2.24) is 0 Å². The smallest absolute Gasteiger partial charge is 0.333 e. The molecule has 2 atom stereocenters. The molecule has 4 aromatic rings. The number of aliphatic carboxylic acids is 1. The number of hydrogen-bond acceptors (Lipinski definition) is 7. The topological polar surface area (TPSA) is 152 Å². The Bertz CT molecular complexity index is 2160. The number of carboxylic acid groups (broad SMARTS) is 1. The zero-order valence-corrected chi connectivity index (χ0v) is 25.9. The number of carbonyl (C=O) groups is 1. The first kappa shape index (κ1) is 31.1. The molecule has 0 spiro atoms. The van der Waals surface area contributed by atoms with Crippen molar-refractivity contribution in [2.75, 3.05) is 0 Å². The molecule has 0 bridgehead atoms. The summed E-state index contributed by atoms with van der Waals surface area (Å²) in [5.74, 6) is -6.63. The Morgan fingerprint density at radius 2 is 1.43 bits per heavy atom. The summed E-state index contributed by atoms with van der Waals surface area (Å²) >= 11 is 0. The third kappa shape index (κ3) is 5.37. The van der Waals surface area contributed by atoms with Crippen molar-refractivity contribution < 1.29 is 39.9 Å². The van der Waals surface area contributed by atoms with E-state index in [1.165, 1.54) is 13.8 Å². The molecular weight excluding hydrogens is 596 g/mol. The van der Waals surface area contributed by atoms with Gasteiger partial charge in [-0.15, -0.1) is 0 Å². The van der Waals surface area contributed by atoms with Crippen LogP contribution in [0.5, 0.6) is 0 Å². The molecule has 0 saturated carbocycles. The molecule has 47 heavy (non-hydrogen) atoms. The summed E-state index contributed by atoms with van der Waals surface area (Å²) in [6.07, 6.45) is 6.76. The molecule has 6 rings (SSSR count). The highest BCUT2D eigenvalue weighted by atomic mass is 16.4. The van der Waals surface area contributed by atoms with Crippen LogP contribution in [0.25, 0.3) is 38.6 Å². The second-order valence-electron chi connectivity index (χ2n) is 11.8. The molecule has 2 unspecified atom stereocenters.